The SMILES string of the molecule is CCN(CC)c1ccc(NCc2ccc(O)c(OC)c2)cc1. The number of hydrogen-bond acceptors (Lipinski definition) is 4. The van der Waals surface area contributed by atoms with Gasteiger partial charge in [-0.05, 0) is 55.8 Å². The number of methoxy groups -OCH3 is 1. The van der Waals surface area contributed by atoms with E-state index in [0.717, 1.165) is 24.3 Å². The number of anilines is 2. The van der Waals surface area contributed by atoms with Gasteiger partial charge in [-0.25, -0.2) is 0 Å². The van der Waals surface area contributed by atoms with Crippen LogP contribution >= 0.6 is 0 Å². The summed E-state index contributed by atoms with van der Waals surface area (Å²) < 4.78 is 5.12. The minimum Gasteiger partial charge on any atom is -0.504 e. The molecule has 4 nitrogen and oxygen atoms in total. The molecule has 0 bridgehead atoms. The van der Waals surface area contributed by atoms with E-state index < -0.39 is 0 Å². The highest BCUT2D eigenvalue weighted by Gasteiger charge is 2.04. The van der Waals surface area contributed by atoms with E-state index in [1.807, 2.05) is 12.1 Å². The maximum absolute atomic E-state index is 9.60. The number of rotatable bonds is 7. The molecule has 0 aliphatic carbocycles. The van der Waals surface area contributed by atoms with Crippen LogP contribution in [-0.2, 0) is 6.54 Å². The monoisotopic (exact) mass is 300 g/mol. The van der Waals surface area contributed by atoms with Crippen LogP contribution in [0.5, 0.6) is 11.5 Å². The first kappa shape index (κ1) is 16.0. The Hall–Kier alpha value is -2.36. The molecule has 2 rings (SSSR count). The van der Waals surface area contributed by atoms with E-state index in [2.05, 4.69) is 48.3 Å². The molecule has 0 aliphatic rings. The molecule has 2 aromatic carbocycles. The fraction of sp³-hybridized carbons (Fsp3) is 0.333. The predicted octanol–water partition coefficient (Wildman–Crippen LogP) is 3.86. The fourth-order valence-electron chi connectivity index (χ4n) is 2.41. The number of ether oxygens (including phenoxy) is 1. The second kappa shape index (κ2) is 7.59. The molecular weight excluding hydrogens is 276 g/mol. The van der Waals surface area contributed by atoms with Crippen molar-refractivity contribution >= 4 is 11.4 Å². The highest BCUT2D eigenvalue weighted by atomic mass is 16.5. The van der Waals surface area contributed by atoms with E-state index in [1.54, 1.807) is 13.2 Å². The molecule has 0 fully saturated rings. The Balaban J connectivity index is 2.00. The summed E-state index contributed by atoms with van der Waals surface area (Å²) in [4.78, 5) is 2.31. The Morgan fingerprint density at radius 2 is 1.73 bits per heavy atom. The van der Waals surface area contributed by atoms with Crippen LogP contribution in [0.2, 0.25) is 0 Å². The van der Waals surface area contributed by atoms with Crippen molar-refractivity contribution in [1.29, 1.82) is 0 Å². The van der Waals surface area contributed by atoms with Gasteiger partial charge in [-0.3, -0.25) is 0 Å². The molecule has 0 aliphatic heterocycles. The highest BCUT2D eigenvalue weighted by Crippen LogP contribution is 2.26. The number of phenolic OH excluding ortho intramolecular Hbond substituents is 1. The average molecular weight is 300 g/mol. The molecule has 22 heavy (non-hydrogen) atoms. The lowest BCUT2D eigenvalue weighted by Gasteiger charge is -2.21. The van der Waals surface area contributed by atoms with Crippen LogP contribution in [0.3, 0.4) is 0 Å². The summed E-state index contributed by atoms with van der Waals surface area (Å²) in [5.74, 6) is 0.658. The van der Waals surface area contributed by atoms with Gasteiger partial charge in [0.25, 0.3) is 0 Å². The third-order valence-electron chi connectivity index (χ3n) is 3.74. The maximum Gasteiger partial charge on any atom is 0.160 e. The summed E-state index contributed by atoms with van der Waals surface area (Å²) in [5, 5.41) is 13.0. The Morgan fingerprint density at radius 1 is 1.05 bits per heavy atom. The smallest absolute Gasteiger partial charge is 0.160 e. The third-order valence-corrected chi connectivity index (χ3v) is 3.74. The number of hydrogen-bond donors (Lipinski definition) is 2. The molecule has 2 N–H and O–H groups in total. The third kappa shape index (κ3) is 3.85. The zero-order valence-electron chi connectivity index (χ0n) is 13.5. The van der Waals surface area contributed by atoms with Crippen LogP contribution in [0.1, 0.15) is 19.4 Å². The first-order chi connectivity index (χ1) is 10.7. The Morgan fingerprint density at radius 3 is 2.32 bits per heavy atom. The van der Waals surface area contributed by atoms with Gasteiger partial charge >= 0.3 is 0 Å². The standard InChI is InChI=1S/C18H24N2O2/c1-4-20(5-2)16-9-7-15(8-10-16)19-13-14-6-11-17(21)18(12-14)22-3/h6-12,19,21H,4-5,13H2,1-3H3. The zero-order valence-corrected chi connectivity index (χ0v) is 13.5. The lowest BCUT2D eigenvalue weighted by Crippen LogP contribution is -2.21. The van der Waals surface area contributed by atoms with Gasteiger partial charge in [-0.15, -0.1) is 0 Å². The average Bonchev–Trinajstić information content (AvgIpc) is 2.56. The van der Waals surface area contributed by atoms with Gasteiger partial charge < -0.3 is 20.1 Å². The molecule has 4 heteroatoms. The van der Waals surface area contributed by atoms with E-state index in [1.165, 1.54) is 5.69 Å². The van der Waals surface area contributed by atoms with Crippen LogP contribution in [0.4, 0.5) is 11.4 Å². The van der Waals surface area contributed by atoms with Gasteiger partial charge in [-0.1, -0.05) is 6.07 Å². The summed E-state index contributed by atoms with van der Waals surface area (Å²) in [6.07, 6.45) is 0. The molecule has 0 amide bonds. The van der Waals surface area contributed by atoms with E-state index in [9.17, 15) is 5.11 Å². The van der Waals surface area contributed by atoms with Crippen molar-refractivity contribution in [3.8, 4) is 11.5 Å². The van der Waals surface area contributed by atoms with Crippen molar-refractivity contribution in [3.63, 3.8) is 0 Å². The summed E-state index contributed by atoms with van der Waals surface area (Å²) >= 11 is 0. The quantitative estimate of drug-likeness (QED) is 0.815. The molecular formula is C18H24N2O2. The van der Waals surface area contributed by atoms with E-state index in [-0.39, 0.29) is 5.75 Å². The topological polar surface area (TPSA) is 44.7 Å². The molecule has 0 heterocycles. The number of aromatic hydroxyl groups is 1. The van der Waals surface area contributed by atoms with Gasteiger partial charge in [0.1, 0.15) is 0 Å². The fourth-order valence-corrected chi connectivity index (χ4v) is 2.41. The van der Waals surface area contributed by atoms with Crippen molar-refractivity contribution in [1.82, 2.24) is 0 Å². The molecule has 0 spiro atoms. The molecule has 0 radical (unpaired) electrons. The first-order valence-corrected chi connectivity index (χ1v) is 7.62. The molecule has 0 saturated carbocycles. The number of phenols is 1. The molecule has 118 valence electrons. The summed E-state index contributed by atoms with van der Waals surface area (Å²) in [7, 11) is 1.55. The van der Waals surface area contributed by atoms with Crippen LogP contribution in [-0.4, -0.2) is 25.3 Å². The van der Waals surface area contributed by atoms with Gasteiger partial charge in [0.05, 0.1) is 7.11 Å². The second-order valence-electron chi connectivity index (χ2n) is 5.08. The van der Waals surface area contributed by atoms with Crippen molar-refractivity contribution < 1.29 is 9.84 Å². The molecule has 0 aromatic heterocycles. The number of nitrogens with zero attached hydrogens (tertiary/aromatic N) is 1. The lowest BCUT2D eigenvalue weighted by molar-refractivity contribution is 0.373. The van der Waals surface area contributed by atoms with Crippen molar-refractivity contribution in [3.05, 3.63) is 48.0 Å². The van der Waals surface area contributed by atoms with Crippen LogP contribution in [0, 0.1) is 0 Å². The number of benzene rings is 2. The Labute approximate surface area is 132 Å². The summed E-state index contributed by atoms with van der Waals surface area (Å²) in [5.41, 5.74) is 3.37. The predicted molar refractivity (Wildman–Crippen MR) is 92.0 cm³/mol. The van der Waals surface area contributed by atoms with Crippen LogP contribution in [0.15, 0.2) is 42.5 Å². The Kier molecular flexibility index (Phi) is 5.53. The van der Waals surface area contributed by atoms with Crippen molar-refractivity contribution in [2.24, 2.45) is 0 Å². The minimum absolute atomic E-state index is 0.162. The molecule has 0 atom stereocenters. The van der Waals surface area contributed by atoms with Gasteiger partial charge in [0.15, 0.2) is 11.5 Å². The zero-order chi connectivity index (χ0) is 15.9. The van der Waals surface area contributed by atoms with Gasteiger partial charge in [0, 0.05) is 31.0 Å². The molecule has 2 aromatic rings. The van der Waals surface area contributed by atoms with E-state index >= 15 is 0 Å². The largest absolute Gasteiger partial charge is 0.504 e. The van der Waals surface area contributed by atoms with E-state index in [0.29, 0.717) is 12.3 Å². The Bertz CT molecular complexity index is 593. The van der Waals surface area contributed by atoms with Gasteiger partial charge in [0.2, 0.25) is 0 Å². The van der Waals surface area contributed by atoms with Crippen molar-refractivity contribution in [2.45, 2.75) is 20.4 Å². The van der Waals surface area contributed by atoms with Crippen molar-refractivity contribution in [2.75, 3.05) is 30.4 Å². The highest BCUT2D eigenvalue weighted by molar-refractivity contribution is 5.55. The normalized spacial score (nSPS) is 10.3. The molecule has 0 unspecified atom stereocenters. The van der Waals surface area contributed by atoms with Gasteiger partial charge in [-0.2, -0.15) is 0 Å². The van der Waals surface area contributed by atoms with Crippen LogP contribution < -0.4 is 15.0 Å². The molecule has 0 saturated heterocycles. The first-order valence-electron chi connectivity index (χ1n) is 7.62. The number of nitrogens with one attached hydrogen (secondary N) is 1. The summed E-state index contributed by atoms with van der Waals surface area (Å²) in [6.45, 7) is 7.02. The minimum atomic E-state index is 0.162. The second-order valence-corrected chi connectivity index (χ2v) is 5.08. The lowest BCUT2D eigenvalue weighted by atomic mass is 10.2. The summed E-state index contributed by atoms with van der Waals surface area (Å²) in [6, 6.07) is 13.8. The van der Waals surface area contributed by atoms with E-state index in [4.69, 9.17) is 4.74 Å². The maximum atomic E-state index is 9.60. The van der Waals surface area contributed by atoms with Crippen LogP contribution in [0.25, 0.3) is 0 Å².